The molecule has 0 radical (unpaired) electrons. The SMILES string of the molecule is C#Cc1c([N+](=O)[O-])cc(C(=O)N[C@H](Cc2cnc[nH]2)C(=O)OC)cc1[N+](=O)[O-]. The quantitative estimate of drug-likeness (QED) is 0.303. The number of nitrogens with zero attached hydrogens (tertiary/aromatic N) is 3. The van der Waals surface area contributed by atoms with E-state index < -0.39 is 50.3 Å². The zero-order chi connectivity index (χ0) is 20.8. The van der Waals surface area contributed by atoms with Gasteiger partial charge in [-0.05, 0) is 0 Å². The van der Waals surface area contributed by atoms with Crippen molar-refractivity contribution in [2.75, 3.05) is 7.11 Å². The van der Waals surface area contributed by atoms with E-state index in [9.17, 15) is 29.8 Å². The molecule has 0 saturated heterocycles. The molecule has 1 amide bonds. The number of terminal acetylenes is 1. The van der Waals surface area contributed by atoms with Crippen molar-refractivity contribution in [1.82, 2.24) is 15.3 Å². The first-order valence-electron chi connectivity index (χ1n) is 7.57. The zero-order valence-electron chi connectivity index (χ0n) is 14.4. The molecule has 0 fully saturated rings. The van der Waals surface area contributed by atoms with Crippen LogP contribution in [0.3, 0.4) is 0 Å². The van der Waals surface area contributed by atoms with Gasteiger partial charge in [-0.2, -0.15) is 0 Å². The van der Waals surface area contributed by atoms with Crippen LogP contribution in [0.1, 0.15) is 21.6 Å². The number of rotatable bonds is 7. The number of esters is 1. The fraction of sp³-hybridized carbons (Fsp3) is 0.188. The molecule has 0 bridgehead atoms. The fourth-order valence-corrected chi connectivity index (χ4v) is 2.37. The summed E-state index contributed by atoms with van der Waals surface area (Å²) in [6.45, 7) is 0. The molecule has 12 heteroatoms. The lowest BCUT2D eigenvalue weighted by molar-refractivity contribution is -0.394. The monoisotopic (exact) mass is 387 g/mol. The molecule has 0 saturated carbocycles. The van der Waals surface area contributed by atoms with Gasteiger partial charge in [0.2, 0.25) is 0 Å². The van der Waals surface area contributed by atoms with E-state index in [1.807, 2.05) is 5.92 Å². The van der Waals surface area contributed by atoms with Crippen LogP contribution in [0.2, 0.25) is 0 Å². The highest BCUT2D eigenvalue weighted by Crippen LogP contribution is 2.29. The van der Waals surface area contributed by atoms with Crippen molar-refractivity contribution in [3.05, 3.63) is 61.7 Å². The standard InChI is InChI=1S/C16H13N5O7/c1-3-11-13(20(24)25)4-9(5-14(11)21(26)27)15(22)19-12(16(23)28-2)6-10-7-17-8-18-10/h1,4-5,7-8,12H,6H2,2H3,(H,17,18)(H,19,22)/t12-/m1/s1. The summed E-state index contributed by atoms with van der Waals surface area (Å²) in [5.74, 6) is 0.152. The van der Waals surface area contributed by atoms with Crippen LogP contribution in [-0.4, -0.2) is 44.8 Å². The number of hydrogen-bond donors (Lipinski definition) is 2. The Kier molecular flexibility index (Phi) is 6.02. The lowest BCUT2D eigenvalue weighted by atomic mass is 10.1. The molecule has 2 rings (SSSR count). The summed E-state index contributed by atoms with van der Waals surface area (Å²) in [4.78, 5) is 51.5. The van der Waals surface area contributed by atoms with E-state index in [0.717, 1.165) is 19.2 Å². The van der Waals surface area contributed by atoms with Gasteiger partial charge in [-0.25, -0.2) is 9.78 Å². The predicted molar refractivity (Wildman–Crippen MR) is 93.2 cm³/mol. The topological polar surface area (TPSA) is 170 Å². The van der Waals surface area contributed by atoms with Gasteiger partial charge in [0, 0.05) is 30.4 Å². The number of aromatic nitrogens is 2. The van der Waals surface area contributed by atoms with Crippen molar-refractivity contribution < 1.29 is 24.2 Å². The van der Waals surface area contributed by atoms with E-state index in [2.05, 4.69) is 20.0 Å². The zero-order valence-corrected chi connectivity index (χ0v) is 14.4. The normalized spacial score (nSPS) is 11.1. The van der Waals surface area contributed by atoms with Gasteiger partial charge in [-0.3, -0.25) is 25.0 Å². The van der Waals surface area contributed by atoms with Crippen LogP contribution in [0.25, 0.3) is 0 Å². The van der Waals surface area contributed by atoms with E-state index in [-0.39, 0.29) is 6.42 Å². The summed E-state index contributed by atoms with van der Waals surface area (Å²) in [6, 6.07) is 0.452. The highest BCUT2D eigenvalue weighted by Gasteiger charge is 2.29. The van der Waals surface area contributed by atoms with Gasteiger partial charge in [0.25, 0.3) is 17.3 Å². The van der Waals surface area contributed by atoms with E-state index in [0.29, 0.717) is 5.69 Å². The Bertz CT molecular complexity index is 943. The number of methoxy groups -OCH3 is 1. The summed E-state index contributed by atoms with van der Waals surface area (Å²) in [7, 11) is 1.12. The number of hydrogen-bond acceptors (Lipinski definition) is 8. The predicted octanol–water partition coefficient (Wildman–Crippen LogP) is 0.721. The molecule has 2 aromatic rings. The third kappa shape index (κ3) is 4.28. The average molecular weight is 387 g/mol. The number of carbonyl (C=O) groups is 2. The molecule has 12 nitrogen and oxygen atoms in total. The lowest BCUT2D eigenvalue weighted by Crippen LogP contribution is -2.43. The van der Waals surface area contributed by atoms with Crippen molar-refractivity contribution in [2.24, 2.45) is 0 Å². The average Bonchev–Trinajstić information content (AvgIpc) is 3.18. The van der Waals surface area contributed by atoms with Gasteiger partial charge >= 0.3 is 5.97 Å². The number of imidazole rings is 1. The molecule has 1 atom stereocenters. The molecule has 0 unspecified atom stereocenters. The molecule has 0 aliphatic carbocycles. The summed E-state index contributed by atoms with van der Waals surface area (Å²) in [5.41, 5.74) is -2.00. The summed E-state index contributed by atoms with van der Waals surface area (Å²) in [5, 5.41) is 24.7. The van der Waals surface area contributed by atoms with Crippen LogP contribution in [-0.2, 0) is 16.0 Å². The number of H-pyrrole nitrogens is 1. The van der Waals surface area contributed by atoms with Gasteiger partial charge in [0.15, 0.2) is 5.56 Å². The molecule has 0 aliphatic heterocycles. The molecule has 144 valence electrons. The van der Waals surface area contributed by atoms with Crippen molar-refractivity contribution in [2.45, 2.75) is 12.5 Å². The van der Waals surface area contributed by atoms with Crippen LogP contribution < -0.4 is 5.32 Å². The molecule has 1 aromatic carbocycles. The maximum Gasteiger partial charge on any atom is 0.328 e. The van der Waals surface area contributed by atoms with Gasteiger partial charge in [0.05, 0.1) is 28.8 Å². The van der Waals surface area contributed by atoms with Gasteiger partial charge in [0.1, 0.15) is 6.04 Å². The third-order valence-corrected chi connectivity index (χ3v) is 3.67. The van der Waals surface area contributed by atoms with Crippen molar-refractivity contribution in [1.29, 1.82) is 0 Å². The summed E-state index contributed by atoms with van der Waals surface area (Å²) in [6.07, 6.45) is 7.93. The maximum absolute atomic E-state index is 12.5. The number of aromatic amines is 1. The highest BCUT2D eigenvalue weighted by molar-refractivity contribution is 5.98. The molecular formula is C16H13N5O7. The Balaban J connectivity index is 2.41. The Morgan fingerprint density at radius 2 is 1.93 bits per heavy atom. The molecular weight excluding hydrogens is 374 g/mol. The van der Waals surface area contributed by atoms with Crippen LogP contribution in [0.15, 0.2) is 24.7 Å². The number of ether oxygens (including phenoxy) is 1. The highest BCUT2D eigenvalue weighted by atomic mass is 16.6. The lowest BCUT2D eigenvalue weighted by Gasteiger charge is -2.16. The molecule has 1 heterocycles. The maximum atomic E-state index is 12.5. The van der Waals surface area contributed by atoms with Gasteiger partial charge in [-0.1, -0.05) is 5.92 Å². The number of benzene rings is 1. The second kappa shape index (κ2) is 8.41. The third-order valence-electron chi connectivity index (χ3n) is 3.67. The number of nitro benzene ring substituents is 2. The van der Waals surface area contributed by atoms with E-state index in [1.165, 1.54) is 12.5 Å². The Hall–Kier alpha value is -4.27. The summed E-state index contributed by atoms with van der Waals surface area (Å²) >= 11 is 0. The Labute approximate surface area is 157 Å². The van der Waals surface area contributed by atoms with E-state index in [1.54, 1.807) is 0 Å². The molecule has 0 spiro atoms. The van der Waals surface area contributed by atoms with Crippen LogP contribution in [0.4, 0.5) is 11.4 Å². The van der Waals surface area contributed by atoms with Crippen LogP contribution >= 0.6 is 0 Å². The Morgan fingerprint density at radius 3 is 2.36 bits per heavy atom. The largest absolute Gasteiger partial charge is 0.467 e. The Morgan fingerprint density at radius 1 is 1.32 bits per heavy atom. The van der Waals surface area contributed by atoms with Gasteiger partial charge in [-0.15, -0.1) is 6.42 Å². The van der Waals surface area contributed by atoms with E-state index in [4.69, 9.17) is 6.42 Å². The molecule has 28 heavy (non-hydrogen) atoms. The van der Waals surface area contributed by atoms with E-state index >= 15 is 0 Å². The molecule has 2 N–H and O–H groups in total. The van der Waals surface area contributed by atoms with Crippen molar-refractivity contribution in [3.63, 3.8) is 0 Å². The van der Waals surface area contributed by atoms with Gasteiger partial charge < -0.3 is 15.0 Å². The minimum atomic E-state index is -1.16. The fourth-order valence-electron chi connectivity index (χ4n) is 2.37. The first-order chi connectivity index (χ1) is 13.3. The second-order valence-electron chi connectivity index (χ2n) is 5.38. The number of carbonyl (C=O) groups excluding carboxylic acids is 2. The van der Waals surface area contributed by atoms with Crippen LogP contribution in [0.5, 0.6) is 0 Å². The minimum Gasteiger partial charge on any atom is -0.467 e. The smallest absolute Gasteiger partial charge is 0.328 e. The first-order valence-corrected chi connectivity index (χ1v) is 7.57. The van der Waals surface area contributed by atoms with Crippen molar-refractivity contribution in [3.8, 4) is 12.3 Å². The summed E-state index contributed by atoms with van der Waals surface area (Å²) < 4.78 is 4.63. The first kappa shape index (κ1) is 20.0. The van der Waals surface area contributed by atoms with Crippen molar-refractivity contribution >= 4 is 23.3 Å². The van der Waals surface area contributed by atoms with Crippen LogP contribution in [0, 0.1) is 32.6 Å². The number of amides is 1. The number of nitro groups is 2. The molecule has 0 aliphatic rings. The molecule has 1 aromatic heterocycles. The second-order valence-corrected chi connectivity index (χ2v) is 5.38. The number of nitrogens with one attached hydrogen (secondary N) is 2. The minimum absolute atomic E-state index is 0.00889.